The van der Waals surface area contributed by atoms with Gasteiger partial charge in [0.1, 0.15) is 4.34 Å². The first-order chi connectivity index (χ1) is 5.77. The Morgan fingerprint density at radius 1 is 1.58 bits per heavy atom. The number of aromatic amines is 1. The number of thiophene rings is 1. The number of H-pyrrole nitrogens is 1. The molecule has 2 rings (SSSR count). The van der Waals surface area contributed by atoms with E-state index in [1.54, 1.807) is 6.20 Å². The molecule has 0 aliphatic rings. The van der Waals surface area contributed by atoms with E-state index < -0.39 is 0 Å². The van der Waals surface area contributed by atoms with E-state index in [1.165, 1.54) is 11.3 Å². The fourth-order valence-corrected chi connectivity index (χ4v) is 2.56. The lowest BCUT2D eigenvalue weighted by Gasteiger charge is -1.84. The summed E-state index contributed by atoms with van der Waals surface area (Å²) in [6, 6.07) is 1.98. The Hall–Kier alpha value is -0.320. The highest BCUT2D eigenvalue weighted by atomic mass is 79.9. The Morgan fingerprint density at radius 3 is 2.92 bits per heavy atom. The smallest absolute Gasteiger partial charge is 0.108 e. The summed E-state index contributed by atoms with van der Waals surface area (Å²) < 4.78 is 1.71. The van der Waals surface area contributed by atoms with E-state index in [0.29, 0.717) is 0 Å². The predicted octanol–water partition coefficient (Wildman–Crippen LogP) is 3.55. The molecule has 0 saturated carbocycles. The van der Waals surface area contributed by atoms with Crippen molar-refractivity contribution < 1.29 is 0 Å². The van der Waals surface area contributed by atoms with E-state index in [0.717, 1.165) is 19.2 Å². The predicted molar refractivity (Wildman–Crippen MR) is 54.6 cm³/mol. The fraction of sp³-hybridized carbons (Fsp3) is 0. The van der Waals surface area contributed by atoms with Crippen LogP contribution in [-0.4, -0.2) is 10.2 Å². The molecule has 0 amide bonds. The van der Waals surface area contributed by atoms with Crippen LogP contribution in [0, 0.1) is 0 Å². The van der Waals surface area contributed by atoms with Gasteiger partial charge in [0.25, 0.3) is 0 Å². The monoisotopic (exact) mass is 262 g/mol. The molecule has 1 N–H and O–H groups in total. The van der Waals surface area contributed by atoms with Gasteiger partial charge < -0.3 is 0 Å². The topological polar surface area (TPSA) is 28.7 Å². The Labute approximate surface area is 86.7 Å². The molecule has 0 aliphatic carbocycles. The second-order valence-electron chi connectivity index (χ2n) is 2.22. The number of nitrogens with one attached hydrogen (secondary N) is 1. The number of hydrogen-bond acceptors (Lipinski definition) is 2. The summed E-state index contributed by atoms with van der Waals surface area (Å²) in [6.45, 7) is 0. The number of hydrogen-bond donors (Lipinski definition) is 1. The van der Waals surface area contributed by atoms with Gasteiger partial charge in [-0.25, -0.2) is 0 Å². The lowest BCUT2D eigenvalue weighted by Crippen LogP contribution is -1.60. The molecule has 12 heavy (non-hydrogen) atoms. The van der Waals surface area contributed by atoms with Crippen molar-refractivity contribution in [3.05, 3.63) is 27.3 Å². The third-order valence-corrected chi connectivity index (χ3v) is 3.95. The minimum atomic E-state index is 0.770. The molecular weight excluding hydrogens is 260 g/mol. The van der Waals surface area contributed by atoms with Gasteiger partial charge in [-0.1, -0.05) is 11.6 Å². The molecule has 0 fully saturated rings. The first-order valence-electron chi connectivity index (χ1n) is 3.21. The third kappa shape index (κ3) is 1.42. The molecule has 62 valence electrons. The minimum Gasteiger partial charge on any atom is -0.285 e. The lowest BCUT2D eigenvalue weighted by atomic mass is 10.3. The third-order valence-electron chi connectivity index (χ3n) is 1.43. The van der Waals surface area contributed by atoms with Crippen molar-refractivity contribution in [3.8, 4) is 10.4 Å². The van der Waals surface area contributed by atoms with Crippen LogP contribution in [0.15, 0.2) is 22.9 Å². The maximum Gasteiger partial charge on any atom is 0.108 e. The Morgan fingerprint density at radius 2 is 2.42 bits per heavy atom. The van der Waals surface area contributed by atoms with Crippen molar-refractivity contribution in [2.24, 2.45) is 0 Å². The van der Waals surface area contributed by atoms with Gasteiger partial charge in [0, 0.05) is 21.1 Å². The van der Waals surface area contributed by atoms with E-state index in [4.69, 9.17) is 11.6 Å². The van der Waals surface area contributed by atoms with Crippen molar-refractivity contribution in [1.29, 1.82) is 0 Å². The Bertz CT molecular complexity index is 363. The summed E-state index contributed by atoms with van der Waals surface area (Å²) in [5.74, 6) is 0. The standard InChI is InChI=1S/C7H4BrClN2S/c8-5-1-6(12-7(5)9)4-2-10-11-3-4/h1-3H,(H,10,11). The fourth-order valence-electron chi connectivity index (χ4n) is 0.874. The van der Waals surface area contributed by atoms with Crippen LogP contribution in [0.4, 0.5) is 0 Å². The van der Waals surface area contributed by atoms with Crippen LogP contribution < -0.4 is 0 Å². The van der Waals surface area contributed by atoms with Crippen molar-refractivity contribution in [2.75, 3.05) is 0 Å². The van der Waals surface area contributed by atoms with E-state index in [1.807, 2.05) is 12.3 Å². The first kappa shape index (κ1) is 8.29. The molecule has 2 aromatic heterocycles. The number of rotatable bonds is 1. The summed E-state index contributed by atoms with van der Waals surface area (Å²) in [7, 11) is 0. The Balaban J connectivity index is 2.48. The van der Waals surface area contributed by atoms with Crippen LogP contribution in [0.2, 0.25) is 4.34 Å². The van der Waals surface area contributed by atoms with Crippen LogP contribution in [0.3, 0.4) is 0 Å². The number of halogens is 2. The zero-order valence-corrected chi connectivity index (χ0v) is 9.00. The zero-order chi connectivity index (χ0) is 8.55. The van der Waals surface area contributed by atoms with Crippen LogP contribution in [0.1, 0.15) is 0 Å². The average molecular weight is 264 g/mol. The first-order valence-corrected chi connectivity index (χ1v) is 5.20. The van der Waals surface area contributed by atoms with Gasteiger partial charge in [0.2, 0.25) is 0 Å². The van der Waals surface area contributed by atoms with Gasteiger partial charge in [0.15, 0.2) is 0 Å². The van der Waals surface area contributed by atoms with Crippen LogP contribution >= 0.6 is 38.9 Å². The normalized spacial score (nSPS) is 10.5. The minimum absolute atomic E-state index is 0.770. The van der Waals surface area contributed by atoms with Gasteiger partial charge in [-0.05, 0) is 22.0 Å². The van der Waals surface area contributed by atoms with Crippen LogP contribution in [0.5, 0.6) is 0 Å². The summed E-state index contributed by atoms with van der Waals surface area (Å²) in [4.78, 5) is 1.11. The van der Waals surface area contributed by atoms with Gasteiger partial charge in [-0.15, -0.1) is 11.3 Å². The van der Waals surface area contributed by atoms with Crippen molar-refractivity contribution in [3.63, 3.8) is 0 Å². The molecule has 0 bridgehead atoms. The SMILES string of the molecule is Clc1sc(-c2cn[nH]c2)cc1Br. The maximum absolute atomic E-state index is 5.89. The lowest BCUT2D eigenvalue weighted by molar-refractivity contribution is 1.09. The molecule has 2 heterocycles. The highest BCUT2D eigenvalue weighted by Gasteiger charge is 2.06. The molecule has 0 radical (unpaired) electrons. The second-order valence-corrected chi connectivity index (χ2v) is 4.73. The summed E-state index contributed by atoms with van der Waals surface area (Å²) in [6.07, 6.45) is 3.61. The molecule has 0 saturated heterocycles. The quantitative estimate of drug-likeness (QED) is 0.837. The molecule has 0 spiro atoms. The van der Waals surface area contributed by atoms with Gasteiger partial charge in [-0.2, -0.15) is 5.10 Å². The summed E-state index contributed by atoms with van der Waals surface area (Å²) in [5.41, 5.74) is 1.06. The highest BCUT2D eigenvalue weighted by molar-refractivity contribution is 9.10. The number of nitrogens with zero attached hydrogens (tertiary/aromatic N) is 1. The molecule has 0 aromatic carbocycles. The highest BCUT2D eigenvalue weighted by Crippen LogP contribution is 2.37. The second kappa shape index (κ2) is 3.20. The van der Waals surface area contributed by atoms with E-state index in [2.05, 4.69) is 26.1 Å². The van der Waals surface area contributed by atoms with Crippen LogP contribution in [0.25, 0.3) is 10.4 Å². The molecule has 0 atom stereocenters. The van der Waals surface area contributed by atoms with Gasteiger partial charge >= 0.3 is 0 Å². The van der Waals surface area contributed by atoms with Crippen molar-refractivity contribution in [2.45, 2.75) is 0 Å². The number of aromatic nitrogens is 2. The maximum atomic E-state index is 5.89. The molecule has 0 unspecified atom stereocenters. The van der Waals surface area contributed by atoms with Crippen LogP contribution in [-0.2, 0) is 0 Å². The average Bonchev–Trinajstić information content (AvgIpc) is 2.61. The zero-order valence-electron chi connectivity index (χ0n) is 5.84. The van der Waals surface area contributed by atoms with Crippen molar-refractivity contribution >= 4 is 38.9 Å². The molecule has 0 aliphatic heterocycles. The van der Waals surface area contributed by atoms with Gasteiger partial charge in [-0.3, -0.25) is 5.10 Å². The van der Waals surface area contributed by atoms with E-state index >= 15 is 0 Å². The van der Waals surface area contributed by atoms with E-state index in [-0.39, 0.29) is 0 Å². The van der Waals surface area contributed by atoms with E-state index in [9.17, 15) is 0 Å². The summed E-state index contributed by atoms with van der Waals surface area (Å²) >= 11 is 10.8. The van der Waals surface area contributed by atoms with Crippen molar-refractivity contribution in [1.82, 2.24) is 10.2 Å². The molecule has 2 nitrogen and oxygen atoms in total. The molecular formula is C7H4BrClN2S. The Kier molecular flexibility index (Phi) is 2.21. The molecule has 5 heteroatoms. The largest absolute Gasteiger partial charge is 0.285 e. The van der Waals surface area contributed by atoms with Gasteiger partial charge in [0.05, 0.1) is 6.20 Å². The summed E-state index contributed by atoms with van der Waals surface area (Å²) in [5, 5.41) is 6.62. The molecule has 2 aromatic rings.